The third-order valence-corrected chi connectivity index (χ3v) is 5.27. The van der Waals surface area contributed by atoms with Gasteiger partial charge in [-0.25, -0.2) is 9.97 Å². The molecule has 3 rings (SSSR count). The average molecular weight is 342 g/mol. The van der Waals surface area contributed by atoms with Crippen LogP contribution in [-0.2, 0) is 7.05 Å². The van der Waals surface area contributed by atoms with Gasteiger partial charge in [-0.1, -0.05) is 0 Å². The molecule has 1 aliphatic heterocycles. The van der Waals surface area contributed by atoms with Crippen molar-refractivity contribution in [1.82, 2.24) is 24.6 Å². The number of carbonyl (C=O) groups excluding carboxylic acids is 1. The molecule has 0 N–H and O–H groups in total. The number of amides is 1. The maximum Gasteiger partial charge on any atom is 0.274 e. The fourth-order valence-electron chi connectivity index (χ4n) is 3.32. The van der Waals surface area contributed by atoms with Gasteiger partial charge in [-0.15, -0.1) is 0 Å². The van der Waals surface area contributed by atoms with E-state index in [1.807, 2.05) is 38.9 Å². The Hall–Kier alpha value is -2.44. The van der Waals surface area contributed by atoms with E-state index in [-0.39, 0.29) is 11.9 Å². The molecular formula is C18H26N6O. The quantitative estimate of drug-likeness (QED) is 0.852. The van der Waals surface area contributed by atoms with Gasteiger partial charge >= 0.3 is 0 Å². The summed E-state index contributed by atoms with van der Waals surface area (Å²) < 4.78 is 1.74. The molecule has 0 unspecified atom stereocenters. The molecule has 0 aromatic carbocycles. The number of hydrogen-bond donors (Lipinski definition) is 0. The molecule has 0 atom stereocenters. The molecule has 1 aliphatic rings. The van der Waals surface area contributed by atoms with E-state index in [1.165, 1.54) is 0 Å². The SMILES string of the molecule is Cc1ncnc(N2CCC(N(C)C(=O)c3cc(C)n(C)n3)CC2)c1C. The summed E-state index contributed by atoms with van der Waals surface area (Å²) in [6, 6.07) is 2.08. The van der Waals surface area contributed by atoms with Crippen LogP contribution in [0, 0.1) is 20.8 Å². The molecule has 2 aromatic rings. The lowest BCUT2D eigenvalue weighted by molar-refractivity contribution is 0.0702. The lowest BCUT2D eigenvalue weighted by atomic mass is 10.0. The highest BCUT2D eigenvalue weighted by atomic mass is 16.2. The third-order valence-electron chi connectivity index (χ3n) is 5.27. The Morgan fingerprint density at radius 3 is 2.48 bits per heavy atom. The van der Waals surface area contributed by atoms with Crippen LogP contribution in [0.4, 0.5) is 5.82 Å². The number of piperidine rings is 1. The Balaban J connectivity index is 1.65. The van der Waals surface area contributed by atoms with Crippen molar-refractivity contribution in [2.75, 3.05) is 25.0 Å². The van der Waals surface area contributed by atoms with Crippen LogP contribution in [0.2, 0.25) is 0 Å². The highest BCUT2D eigenvalue weighted by molar-refractivity contribution is 5.92. The van der Waals surface area contributed by atoms with Gasteiger partial charge in [0.2, 0.25) is 0 Å². The van der Waals surface area contributed by atoms with E-state index >= 15 is 0 Å². The van der Waals surface area contributed by atoms with Crippen LogP contribution < -0.4 is 4.90 Å². The summed E-state index contributed by atoms with van der Waals surface area (Å²) in [7, 11) is 3.74. The van der Waals surface area contributed by atoms with Crippen LogP contribution in [0.5, 0.6) is 0 Å². The Morgan fingerprint density at radius 1 is 1.20 bits per heavy atom. The summed E-state index contributed by atoms with van der Waals surface area (Å²) in [5.41, 5.74) is 3.66. The first-order valence-corrected chi connectivity index (χ1v) is 8.69. The second-order valence-electron chi connectivity index (χ2n) is 6.84. The maximum atomic E-state index is 12.7. The molecule has 25 heavy (non-hydrogen) atoms. The van der Waals surface area contributed by atoms with Gasteiger partial charge in [0, 0.05) is 50.2 Å². The first kappa shape index (κ1) is 17.4. The van der Waals surface area contributed by atoms with Crippen molar-refractivity contribution in [2.45, 2.75) is 39.7 Å². The van der Waals surface area contributed by atoms with Gasteiger partial charge in [0.05, 0.1) is 0 Å². The highest BCUT2D eigenvalue weighted by Gasteiger charge is 2.28. The van der Waals surface area contributed by atoms with Gasteiger partial charge in [-0.2, -0.15) is 5.10 Å². The van der Waals surface area contributed by atoms with Crippen molar-refractivity contribution in [3.63, 3.8) is 0 Å². The van der Waals surface area contributed by atoms with E-state index in [0.29, 0.717) is 5.69 Å². The maximum absolute atomic E-state index is 12.7. The van der Waals surface area contributed by atoms with E-state index in [4.69, 9.17) is 0 Å². The number of nitrogens with zero attached hydrogens (tertiary/aromatic N) is 6. The molecule has 2 aromatic heterocycles. The molecule has 0 saturated carbocycles. The Kier molecular flexibility index (Phi) is 4.74. The highest BCUT2D eigenvalue weighted by Crippen LogP contribution is 2.24. The van der Waals surface area contributed by atoms with E-state index in [0.717, 1.165) is 48.7 Å². The molecule has 134 valence electrons. The van der Waals surface area contributed by atoms with E-state index < -0.39 is 0 Å². The van der Waals surface area contributed by atoms with E-state index in [1.54, 1.807) is 11.0 Å². The van der Waals surface area contributed by atoms with Gasteiger partial charge in [-0.3, -0.25) is 9.48 Å². The van der Waals surface area contributed by atoms with Gasteiger partial charge in [0.25, 0.3) is 5.91 Å². The second-order valence-corrected chi connectivity index (χ2v) is 6.84. The Morgan fingerprint density at radius 2 is 1.88 bits per heavy atom. The van der Waals surface area contributed by atoms with E-state index in [9.17, 15) is 4.79 Å². The fourth-order valence-corrected chi connectivity index (χ4v) is 3.32. The Labute approximate surface area is 148 Å². The number of aromatic nitrogens is 4. The zero-order valence-corrected chi connectivity index (χ0v) is 15.7. The van der Waals surface area contributed by atoms with Crippen LogP contribution in [0.1, 0.15) is 40.3 Å². The number of carbonyl (C=O) groups is 1. The van der Waals surface area contributed by atoms with Gasteiger partial charge < -0.3 is 9.80 Å². The molecular weight excluding hydrogens is 316 g/mol. The summed E-state index contributed by atoms with van der Waals surface area (Å²) in [5.74, 6) is 1.01. The third kappa shape index (κ3) is 3.36. The number of rotatable bonds is 3. The first-order valence-electron chi connectivity index (χ1n) is 8.69. The van der Waals surface area contributed by atoms with Crippen LogP contribution in [0.25, 0.3) is 0 Å². The molecule has 0 radical (unpaired) electrons. The summed E-state index contributed by atoms with van der Waals surface area (Å²) in [5, 5.41) is 4.31. The number of hydrogen-bond acceptors (Lipinski definition) is 5. The first-order chi connectivity index (χ1) is 11.9. The monoisotopic (exact) mass is 342 g/mol. The summed E-state index contributed by atoms with van der Waals surface area (Å²) in [6.45, 7) is 7.81. The van der Waals surface area contributed by atoms with Gasteiger partial charge in [0.1, 0.15) is 12.1 Å². The molecule has 3 heterocycles. The van der Waals surface area contributed by atoms with Crippen molar-refractivity contribution in [3.05, 3.63) is 35.0 Å². The zero-order valence-electron chi connectivity index (χ0n) is 15.7. The van der Waals surface area contributed by atoms with Crippen LogP contribution >= 0.6 is 0 Å². The molecule has 0 aliphatic carbocycles. The minimum absolute atomic E-state index is 0.00351. The summed E-state index contributed by atoms with van der Waals surface area (Å²) in [4.78, 5) is 25.5. The molecule has 0 bridgehead atoms. The van der Waals surface area contributed by atoms with Crippen LogP contribution in [0.3, 0.4) is 0 Å². The van der Waals surface area contributed by atoms with Crippen LogP contribution in [0.15, 0.2) is 12.4 Å². The number of anilines is 1. The predicted molar refractivity (Wildman–Crippen MR) is 96.8 cm³/mol. The molecule has 0 spiro atoms. The molecule has 1 saturated heterocycles. The second kappa shape index (κ2) is 6.82. The van der Waals surface area contributed by atoms with Crippen LogP contribution in [-0.4, -0.2) is 56.7 Å². The molecule has 7 nitrogen and oxygen atoms in total. The molecule has 1 fully saturated rings. The predicted octanol–water partition coefficient (Wildman–Crippen LogP) is 1.88. The van der Waals surface area contributed by atoms with Crippen molar-refractivity contribution in [3.8, 4) is 0 Å². The average Bonchev–Trinajstić information content (AvgIpc) is 2.95. The van der Waals surface area contributed by atoms with Crippen molar-refractivity contribution in [1.29, 1.82) is 0 Å². The topological polar surface area (TPSA) is 67.2 Å². The fraction of sp³-hybridized carbons (Fsp3) is 0.556. The van der Waals surface area contributed by atoms with Gasteiger partial charge in [-0.05, 0) is 39.7 Å². The lowest BCUT2D eigenvalue weighted by Crippen LogP contribution is -2.46. The summed E-state index contributed by atoms with van der Waals surface area (Å²) in [6.07, 6.45) is 3.48. The van der Waals surface area contributed by atoms with E-state index in [2.05, 4.69) is 26.9 Å². The molecule has 7 heteroatoms. The largest absolute Gasteiger partial charge is 0.356 e. The normalized spacial score (nSPS) is 15.5. The zero-order chi connectivity index (χ0) is 18.1. The summed E-state index contributed by atoms with van der Waals surface area (Å²) >= 11 is 0. The van der Waals surface area contributed by atoms with Crippen molar-refractivity contribution in [2.24, 2.45) is 7.05 Å². The van der Waals surface area contributed by atoms with Crippen molar-refractivity contribution >= 4 is 11.7 Å². The molecule has 1 amide bonds. The minimum Gasteiger partial charge on any atom is -0.356 e. The smallest absolute Gasteiger partial charge is 0.274 e. The standard InChI is InChI=1S/C18H26N6O/c1-12-10-16(21-23(12)5)18(25)22(4)15-6-8-24(9-7-15)17-13(2)14(3)19-11-20-17/h10-11,15H,6-9H2,1-5H3. The van der Waals surface area contributed by atoms with Crippen molar-refractivity contribution < 1.29 is 4.79 Å². The Bertz CT molecular complexity index is 756. The number of aryl methyl sites for hydroxylation is 3. The lowest BCUT2D eigenvalue weighted by Gasteiger charge is -2.37. The minimum atomic E-state index is -0.00351. The van der Waals surface area contributed by atoms with Gasteiger partial charge in [0.15, 0.2) is 5.69 Å².